The molecule has 0 saturated heterocycles. The van der Waals surface area contributed by atoms with E-state index in [9.17, 15) is 8.42 Å². The number of hydrogen-bond donors (Lipinski definition) is 1. The molecule has 1 N–H and O–H groups in total. The number of methoxy groups -OCH3 is 1. The maximum absolute atomic E-state index is 11.8. The summed E-state index contributed by atoms with van der Waals surface area (Å²) in [7, 11) is -1.38. The van der Waals surface area contributed by atoms with Gasteiger partial charge in [0.1, 0.15) is 0 Å². The molecule has 0 fully saturated rings. The van der Waals surface area contributed by atoms with Gasteiger partial charge in [0.25, 0.3) is 0 Å². The van der Waals surface area contributed by atoms with Crippen molar-refractivity contribution in [1.29, 1.82) is 0 Å². The Morgan fingerprint density at radius 1 is 1.31 bits per heavy atom. The summed E-state index contributed by atoms with van der Waals surface area (Å²) >= 11 is 0. The molecule has 0 bridgehead atoms. The van der Waals surface area contributed by atoms with Crippen LogP contribution in [0.1, 0.15) is 27.2 Å². The maximum atomic E-state index is 11.8. The molecule has 0 aliphatic rings. The molecule has 0 saturated carbocycles. The molecule has 0 aromatic rings. The third-order valence-electron chi connectivity index (χ3n) is 2.51. The molecular weight excluding hydrogens is 226 g/mol. The van der Waals surface area contributed by atoms with Gasteiger partial charge in [-0.3, -0.25) is 0 Å². The van der Waals surface area contributed by atoms with E-state index in [-0.39, 0.29) is 17.5 Å². The highest BCUT2D eigenvalue weighted by Gasteiger charge is 2.20. The Kier molecular flexibility index (Phi) is 7.97. The zero-order chi connectivity index (χ0) is 12.6. The van der Waals surface area contributed by atoms with E-state index in [0.29, 0.717) is 18.9 Å². The number of ether oxygens (including phenoxy) is 1. The summed E-state index contributed by atoms with van der Waals surface area (Å²) in [6.45, 7) is 7.38. The Morgan fingerprint density at radius 3 is 2.38 bits per heavy atom. The Balaban J connectivity index is 4.19. The van der Waals surface area contributed by atoms with E-state index in [1.165, 1.54) is 0 Å². The SMILES string of the molecule is CCNC(CS(=O)(=O)CCCOC)C(C)C. The molecular formula is C11H25NO3S. The smallest absolute Gasteiger partial charge is 0.151 e. The van der Waals surface area contributed by atoms with Crippen molar-refractivity contribution < 1.29 is 13.2 Å². The van der Waals surface area contributed by atoms with Gasteiger partial charge in [0.15, 0.2) is 9.84 Å². The minimum Gasteiger partial charge on any atom is -0.385 e. The molecule has 0 aliphatic heterocycles. The number of nitrogens with one attached hydrogen (secondary N) is 1. The van der Waals surface area contributed by atoms with Crippen LogP contribution in [0.2, 0.25) is 0 Å². The number of rotatable bonds is 9. The van der Waals surface area contributed by atoms with Gasteiger partial charge in [0.2, 0.25) is 0 Å². The van der Waals surface area contributed by atoms with Crippen LogP contribution in [0.3, 0.4) is 0 Å². The Morgan fingerprint density at radius 2 is 1.94 bits per heavy atom. The lowest BCUT2D eigenvalue weighted by Gasteiger charge is -2.21. The van der Waals surface area contributed by atoms with Crippen molar-refractivity contribution in [2.75, 3.05) is 31.8 Å². The monoisotopic (exact) mass is 251 g/mol. The van der Waals surface area contributed by atoms with Crippen molar-refractivity contribution in [3.8, 4) is 0 Å². The van der Waals surface area contributed by atoms with Gasteiger partial charge in [-0.1, -0.05) is 20.8 Å². The minimum absolute atomic E-state index is 0.0533. The quantitative estimate of drug-likeness (QED) is 0.623. The van der Waals surface area contributed by atoms with Gasteiger partial charge in [-0.05, 0) is 18.9 Å². The highest BCUT2D eigenvalue weighted by atomic mass is 32.2. The van der Waals surface area contributed by atoms with Crippen molar-refractivity contribution >= 4 is 9.84 Å². The van der Waals surface area contributed by atoms with Crippen molar-refractivity contribution in [1.82, 2.24) is 5.32 Å². The molecule has 0 radical (unpaired) electrons. The third-order valence-corrected chi connectivity index (χ3v) is 4.29. The molecule has 0 aromatic heterocycles. The molecule has 0 rings (SSSR count). The van der Waals surface area contributed by atoms with Crippen LogP contribution in [-0.4, -0.2) is 46.2 Å². The van der Waals surface area contributed by atoms with Gasteiger partial charge in [-0.15, -0.1) is 0 Å². The lowest BCUT2D eigenvalue weighted by atomic mass is 10.1. The largest absolute Gasteiger partial charge is 0.385 e. The normalized spacial score (nSPS) is 14.3. The first-order valence-electron chi connectivity index (χ1n) is 5.85. The summed E-state index contributed by atoms with van der Waals surface area (Å²) in [5.41, 5.74) is 0. The Labute approximate surface area is 99.7 Å². The van der Waals surface area contributed by atoms with E-state index in [4.69, 9.17) is 4.74 Å². The Hall–Kier alpha value is -0.130. The van der Waals surface area contributed by atoms with Gasteiger partial charge in [-0.2, -0.15) is 0 Å². The predicted molar refractivity (Wildman–Crippen MR) is 67.4 cm³/mol. The zero-order valence-corrected chi connectivity index (χ0v) is 11.6. The number of hydrogen-bond acceptors (Lipinski definition) is 4. The molecule has 1 unspecified atom stereocenters. The fraction of sp³-hybridized carbons (Fsp3) is 1.00. The molecule has 98 valence electrons. The number of sulfone groups is 1. The van der Waals surface area contributed by atoms with Gasteiger partial charge in [0, 0.05) is 19.8 Å². The fourth-order valence-electron chi connectivity index (χ4n) is 1.53. The lowest BCUT2D eigenvalue weighted by molar-refractivity contribution is 0.199. The molecule has 5 heteroatoms. The summed E-state index contributed by atoms with van der Waals surface area (Å²) in [4.78, 5) is 0. The molecule has 0 heterocycles. The van der Waals surface area contributed by atoms with Gasteiger partial charge >= 0.3 is 0 Å². The van der Waals surface area contributed by atoms with E-state index in [2.05, 4.69) is 5.32 Å². The molecule has 4 nitrogen and oxygen atoms in total. The molecule has 0 amide bonds. The average molecular weight is 251 g/mol. The second-order valence-electron chi connectivity index (χ2n) is 4.37. The van der Waals surface area contributed by atoms with E-state index in [1.54, 1.807) is 7.11 Å². The summed E-state index contributed by atoms with van der Waals surface area (Å²) in [6, 6.07) is 0.0533. The molecule has 1 atom stereocenters. The predicted octanol–water partition coefficient (Wildman–Crippen LogP) is 1.07. The molecule has 0 aromatic carbocycles. The summed E-state index contributed by atoms with van der Waals surface area (Å²) in [5, 5.41) is 3.22. The van der Waals surface area contributed by atoms with Crippen LogP contribution < -0.4 is 5.32 Å². The van der Waals surface area contributed by atoms with Crippen molar-refractivity contribution in [2.45, 2.75) is 33.2 Å². The maximum Gasteiger partial charge on any atom is 0.151 e. The van der Waals surface area contributed by atoms with E-state index >= 15 is 0 Å². The first-order valence-corrected chi connectivity index (χ1v) is 7.67. The summed E-state index contributed by atoms with van der Waals surface area (Å²) < 4.78 is 28.5. The topological polar surface area (TPSA) is 55.4 Å². The standard InChI is InChI=1S/C11H25NO3S/c1-5-12-11(10(2)3)9-16(13,14)8-6-7-15-4/h10-12H,5-9H2,1-4H3. The summed E-state index contributed by atoms with van der Waals surface area (Å²) in [5.74, 6) is 0.773. The van der Waals surface area contributed by atoms with Crippen molar-refractivity contribution in [3.63, 3.8) is 0 Å². The van der Waals surface area contributed by atoms with Crippen LogP contribution in [0.15, 0.2) is 0 Å². The molecule has 0 spiro atoms. The second-order valence-corrected chi connectivity index (χ2v) is 6.60. The van der Waals surface area contributed by atoms with Crippen LogP contribution >= 0.6 is 0 Å². The zero-order valence-electron chi connectivity index (χ0n) is 10.8. The van der Waals surface area contributed by atoms with Crippen LogP contribution in [0.25, 0.3) is 0 Å². The van der Waals surface area contributed by atoms with Crippen molar-refractivity contribution in [3.05, 3.63) is 0 Å². The summed E-state index contributed by atoms with van der Waals surface area (Å²) in [6.07, 6.45) is 0.579. The van der Waals surface area contributed by atoms with Crippen LogP contribution in [0, 0.1) is 5.92 Å². The van der Waals surface area contributed by atoms with Gasteiger partial charge in [-0.25, -0.2) is 8.42 Å². The van der Waals surface area contributed by atoms with Crippen LogP contribution in [0.5, 0.6) is 0 Å². The lowest BCUT2D eigenvalue weighted by Crippen LogP contribution is -2.40. The third kappa shape index (κ3) is 7.19. The van der Waals surface area contributed by atoms with E-state index in [0.717, 1.165) is 6.54 Å². The first kappa shape index (κ1) is 15.9. The second kappa shape index (κ2) is 8.03. The molecule has 0 aliphatic carbocycles. The van der Waals surface area contributed by atoms with Crippen molar-refractivity contribution in [2.24, 2.45) is 5.92 Å². The van der Waals surface area contributed by atoms with Gasteiger partial charge in [0.05, 0.1) is 11.5 Å². The van der Waals surface area contributed by atoms with E-state index in [1.807, 2.05) is 20.8 Å². The fourth-order valence-corrected chi connectivity index (χ4v) is 3.30. The highest BCUT2D eigenvalue weighted by Crippen LogP contribution is 2.06. The average Bonchev–Trinajstić information content (AvgIpc) is 2.17. The highest BCUT2D eigenvalue weighted by molar-refractivity contribution is 7.91. The minimum atomic E-state index is -2.96. The first-order chi connectivity index (χ1) is 7.43. The Bertz CT molecular complexity index is 262. The van der Waals surface area contributed by atoms with E-state index < -0.39 is 9.84 Å². The molecule has 16 heavy (non-hydrogen) atoms. The van der Waals surface area contributed by atoms with Crippen LogP contribution in [0.4, 0.5) is 0 Å². The van der Waals surface area contributed by atoms with Gasteiger partial charge < -0.3 is 10.1 Å². The van der Waals surface area contributed by atoms with Crippen LogP contribution in [-0.2, 0) is 14.6 Å².